The smallest absolute Gasteiger partial charge is 0.197 e. The molecule has 2 heterocycles. The van der Waals surface area contributed by atoms with Crippen molar-refractivity contribution >= 4 is 17.6 Å². The van der Waals surface area contributed by atoms with Gasteiger partial charge in [0.25, 0.3) is 0 Å². The van der Waals surface area contributed by atoms with Gasteiger partial charge in [0.1, 0.15) is 23.0 Å². The number of hydrogen-bond acceptors (Lipinski definition) is 6. The van der Waals surface area contributed by atoms with Crippen molar-refractivity contribution in [3.63, 3.8) is 0 Å². The summed E-state index contributed by atoms with van der Waals surface area (Å²) in [6, 6.07) is 0. The van der Waals surface area contributed by atoms with E-state index in [9.17, 15) is 0 Å². The van der Waals surface area contributed by atoms with Gasteiger partial charge in [-0.2, -0.15) is 0 Å². The van der Waals surface area contributed by atoms with Crippen LogP contribution in [-0.2, 0) is 7.05 Å². The van der Waals surface area contributed by atoms with Crippen LogP contribution in [0.2, 0.25) is 0 Å². The Morgan fingerprint density at radius 3 is 2.81 bits per heavy atom. The van der Waals surface area contributed by atoms with Crippen LogP contribution in [0.1, 0.15) is 43.5 Å². The summed E-state index contributed by atoms with van der Waals surface area (Å²) in [4.78, 5) is 9.46. The van der Waals surface area contributed by atoms with Gasteiger partial charge in [-0.15, -0.1) is 10.2 Å². The first kappa shape index (κ1) is 14.3. The predicted octanol–water partition coefficient (Wildman–Crippen LogP) is 2.76. The van der Waals surface area contributed by atoms with E-state index in [0.29, 0.717) is 5.92 Å². The molecule has 1 N–H and O–H groups in total. The Balaban J connectivity index is 1.93. The summed E-state index contributed by atoms with van der Waals surface area (Å²) in [7, 11) is 1.94. The van der Waals surface area contributed by atoms with Crippen LogP contribution in [0.3, 0.4) is 0 Å². The van der Waals surface area contributed by atoms with Crippen molar-refractivity contribution < 1.29 is 0 Å². The van der Waals surface area contributed by atoms with E-state index in [2.05, 4.69) is 29.4 Å². The van der Waals surface area contributed by atoms with Gasteiger partial charge in [0.05, 0.1) is 0 Å². The number of nitrogens with one attached hydrogen (secondary N) is 1. The van der Waals surface area contributed by atoms with E-state index < -0.39 is 0 Å². The molecule has 21 heavy (non-hydrogen) atoms. The van der Waals surface area contributed by atoms with Gasteiger partial charge < -0.3 is 9.88 Å². The van der Waals surface area contributed by atoms with Crippen LogP contribution in [-0.4, -0.2) is 31.3 Å². The van der Waals surface area contributed by atoms with Crippen molar-refractivity contribution in [1.29, 1.82) is 0 Å². The van der Waals surface area contributed by atoms with Crippen LogP contribution in [0.15, 0.2) is 16.5 Å². The predicted molar refractivity (Wildman–Crippen MR) is 82.7 cm³/mol. The lowest BCUT2D eigenvalue weighted by Crippen LogP contribution is -2.08. The summed E-state index contributed by atoms with van der Waals surface area (Å²) in [5, 5.41) is 13.3. The normalized spacial score (nSPS) is 14.4. The standard InChI is InChI=1S/C14H20N6S/c1-4-7-15-11-9(2)13(18-12(17-11)10-5-6-10)21-14-19-16-8-20(14)3/h8,10H,4-7H2,1-3H3,(H,15,17,18). The molecule has 0 atom stereocenters. The Morgan fingerprint density at radius 1 is 1.38 bits per heavy atom. The first-order chi connectivity index (χ1) is 10.2. The number of nitrogens with zero attached hydrogens (tertiary/aromatic N) is 5. The quantitative estimate of drug-likeness (QED) is 0.828. The molecule has 2 aromatic heterocycles. The van der Waals surface area contributed by atoms with Crippen LogP contribution in [0.5, 0.6) is 0 Å². The maximum atomic E-state index is 4.75. The Hall–Kier alpha value is -1.63. The van der Waals surface area contributed by atoms with Gasteiger partial charge >= 0.3 is 0 Å². The largest absolute Gasteiger partial charge is 0.370 e. The molecular weight excluding hydrogens is 284 g/mol. The second-order valence-electron chi connectivity index (χ2n) is 5.39. The van der Waals surface area contributed by atoms with Gasteiger partial charge in [-0.25, -0.2) is 9.97 Å². The highest BCUT2D eigenvalue weighted by atomic mass is 32.2. The molecule has 0 radical (unpaired) electrons. The molecule has 0 saturated heterocycles. The van der Waals surface area contributed by atoms with Crippen LogP contribution in [0.4, 0.5) is 5.82 Å². The first-order valence-corrected chi connectivity index (χ1v) is 8.15. The fraction of sp³-hybridized carbons (Fsp3) is 0.571. The molecule has 0 unspecified atom stereocenters. The fourth-order valence-corrected chi connectivity index (χ4v) is 2.84. The molecule has 112 valence electrons. The van der Waals surface area contributed by atoms with Gasteiger partial charge in [-0.1, -0.05) is 6.92 Å². The molecule has 0 aromatic carbocycles. The summed E-state index contributed by atoms with van der Waals surface area (Å²) in [5.41, 5.74) is 1.08. The molecule has 0 spiro atoms. The lowest BCUT2D eigenvalue weighted by molar-refractivity contribution is 0.783. The summed E-state index contributed by atoms with van der Waals surface area (Å²) >= 11 is 1.55. The average molecular weight is 304 g/mol. The number of anilines is 1. The van der Waals surface area contributed by atoms with E-state index in [1.54, 1.807) is 18.1 Å². The third kappa shape index (κ3) is 3.18. The van der Waals surface area contributed by atoms with Gasteiger partial charge in [-0.3, -0.25) is 0 Å². The van der Waals surface area contributed by atoms with Crippen molar-refractivity contribution in [2.24, 2.45) is 7.05 Å². The van der Waals surface area contributed by atoms with Gasteiger partial charge in [0.15, 0.2) is 5.16 Å². The molecule has 0 bridgehead atoms. The number of aryl methyl sites for hydroxylation is 1. The van der Waals surface area contributed by atoms with Gasteiger partial charge in [-0.05, 0) is 37.9 Å². The molecule has 6 nitrogen and oxygen atoms in total. The Labute approximate surface area is 128 Å². The monoisotopic (exact) mass is 304 g/mol. The Kier molecular flexibility index (Phi) is 4.10. The Morgan fingerprint density at radius 2 is 2.19 bits per heavy atom. The summed E-state index contributed by atoms with van der Waals surface area (Å²) in [5.74, 6) is 2.45. The molecule has 0 amide bonds. The van der Waals surface area contributed by atoms with Crippen LogP contribution in [0, 0.1) is 6.92 Å². The highest BCUT2D eigenvalue weighted by Gasteiger charge is 2.28. The zero-order chi connectivity index (χ0) is 14.8. The number of rotatable bonds is 6. The van der Waals surface area contributed by atoms with E-state index in [-0.39, 0.29) is 0 Å². The minimum absolute atomic E-state index is 0.534. The maximum absolute atomic E-state index is 4.75. The van der Waals surface area contributed by atoms with E-state index >= 15 is 0 Å². The topological polar surface area (TPSA) is 68.5 Å². The minimum atomic E-state index is 0.534. The van der Waals surface area contributed by atoms with Crippen molar-refractivity contribution in [3.05, 3.63) is 17.7 Å². The molecule has 1 aliphatic carbocycles. The highest BCUT2D eigenvalue weighted by Crippen LogP contribution is 2.40. The highest BCUT2D eigenvalue weighted by molar-refractivity contribution is 7.99. The fourth-order valence-electron chi connectivity index (χ4n) is 2.00. The lowest BCUT2D eigenvalue weighted by Gasteiger charge is -2.13. The molecule has 1 fully saturated rings. The van der Waals surface area contributed by atoms with E-state index in [0.717, 1.165) is 40.4 Å². The zero-order valence-corrected chi connectivity index (χ0v) is 13.4. The molecule has 3 rings (SSSR count). The van der Waals surface area contributed by atoms with E-state index in [1.807, 2.05) is 11.6 Å². The van der Waals surface area contributed by atoms with Crippen molar-refractivity contribution in [2.75, 3.05) is 11.9 Å². The summed E-state index contributed by atoms with van der Waals surface area (Å²) in [6.45, 7) is 5.14. The van der Waals surface area contributed by atoms with Crippen LogP contribution < -0.4 is 5.32 Å². The molecule has 1 aliphatic rings. The first-order valence-electron chi connectivity index (χ1n) is 7.33. The Bertz CT molecular complexity index is 634. The van der Waals surface area contributed by atoms with Gasteiger partial charge in [0, 0.05) is 25.1 Å². The molecule has 0 aliphatic heterocycles. The SMILES string of the molecule is CCCNc1nc(C2CC2)nc(Sc2nncn2C)c1C. The maximum Gasteiger partial charge on any atom is 0.197 e. The van der Waals surface area contributed by atoms with Gasteiger partial charge in [0.2, 0.25) is 0 Å². The molecular formula is C14H20N6S. The van der Waals surface area contributed by atoms with E-state index in [1.165, 1.54) is 12.8 Å². The van der Waals surface area contributed by atoms with Crippen LogP contribution >= 0.6 is 11.8 Å². The molecule has 7 heteroatoms. The van der Waals surface area contributed by atoms with Crippen LogP contribution in [0.25, 0.3) is 0 Å². The summed E-state index contributed by atoms with van der Waals surface area (Å²) in [6.07, 6.45) is 5.18. The molecule has 1 saturated carbocycles. The molecule has 2 aromatic rings. The minimum Gasteiger partial charge on any atom is -0.370 e. The van der Waals surface area contributed by atoms with Crippen molar-refractivity contribution in [2.45, 2.75) is 49.2 Å². The third-order valence-electron chi connectivity index (χ3n) is 3.46. The number of aromatic nitrogens is 5. The van der Waals surface area contributed by atoms with E-state index in [4.69, 9.17) is 9.97 Å². The second-order valence-corrected chi connectivity index (χ2v) is 6.34. The third-order valence-corrected chi connectivity index (χ3v) is 4.60. The number of hydrogen-bond donors (Lipinski definition) is 1. The van der Waals surface area contributed by atoms with Crippen molar-refractivity contribution in [3.8, 4) is 0 Å². The summed E-state index contributed by atoms with van der Waals surface area (Å²) < 4.78 is 1.90. The lowest BCUT2D eigenvalue weighted by atomic mass is 10.3. The zero-order valence-electron chi connectivity index (χ0n) is 12.6. The van der Waals surface area contributed by atoms with Crippen molar-refractivity contribution in [1.82, 2.24) is 24.7 Å². The second kappa shape index (κ2) is 6.01. The average Bonchev–Trinajstić information content (AvgIpc) is 3.25.